The van der Waals surface area contributed by atoms with E-state index in [-0.39, 0.29) is 24.4 Å². The van der Waals surface area contributed by atoms with Gasteiger partial charge in [-0.15, -0.1) is 0 Å². The SMILES string of the molecule is Cc1ccc(C)c2c1C(=O)N(CC(C)N)C2=O. The van der Waals surface area contributed by atoms with E-state index in [9.17, 15) is 9.59 Å². The Labute approximate surface area is 100 Å². The van der Waals surface area contributed by atoms with Gasteiger partial charge in [0, 0.05) is 12.6 Å². The van der Waals surface area contributed by atoms with Crippen LogP contribution in [0.3, 0.4) is 0 Å². The number of nitrogens with two attached hydrogens (primary N) is 1. The van der Waals surface area contributed by atoms with E-state index in [1.54, 1.807) is 6.92 Å². The van der Waals surface area contributed by atoms with E-state index in [1.165, 1.54) is 4.90 Å². The highest BCUT2D eigenvalue weighted by atomic mass is 16.2. The first-order chi connectivity index (χ1) is 7.93. The third-order valence-electron chi connectivity index (χ3n) is 3.01. The number of fused-ring (bicyclic) bond motifs is 1. The highest BCUT2D eigenvalue weighted by Crippen LogP contribution is 2.28. The fourth-order valence-electron chi connectivity index (χ4n) is 2.18. The Morgan fingerprint density at radius 2 is 1.53 bits per heavy atom. The van der Waals surface area contributed by atoms with Gasteiger partial charge in [-0.05, 0) is 31.9 Å². The average Bonchev–Trinajstić information content (AvgIpc) is 2.49. The second kappa shape index (κ2) is 3.96. The summed E-state index contributed by atoms with van der Waals surface area (Å²) in [6.45, 7) is 5.74. The maximum atomic E-state index is 12.2. The summed E-state index contributed by atoms with van der Waals surface area (Å²) in [4.78, 5) is 25.6. The van der Waals surface area contributed by atoms with Gasteiger partial charge in [-0.2, -0.15) is 0 Å². The van der Waals surface area contributed by atoms with Crippen molar-refractivity contribution < 1.29 is 9.59 Å². The molecule has 1 aromatic rings. The number of imide groups is 1. The van der Waals surface area contributed by atoms with Gasteiger partial charge in [0.25, 0.3) is 11.8 Å². The topological polar surface area (TPSA) is 63.4 Å². The molecule has 4 nitrogen and oxygen atoms in total. The fraction of sp³-hybridized carbons (Fsp3) is 0.385. The molecule has 0 bridgehead atoms. The van der Waals surface area contributed by atoms with Crippen molar-refractivity contribution in [2.24, 2.45) is 5.73 Å². The van der Waals surface area contributed by atoms with Crippen LogP contribution in [-0.4, -0.2) is 29.3 Å². The van der Waals surface area contributed by atoms with E-state index < -0.39 is 0 Å². The molecule has 0 aliphatic carbocycles. The van der Waals surface area contributed by atoms with Crippen LogP contribution < -0.4 is 5.73 Å². The largest absolute Gasteiger partial charge is 0.326 e. The van der Waals surface area contributed by atoms with Crippen LogP contribution in [0.1, 0.15) is 38.8 Å². The Morgan fingerprint density at radius 3 is 1.88 bits per heavy atom. The lowest BCUT2D eigenvalue weighted by atomic mass is 9.99. The van der Waals surface area contributed by atoms with Gasteiger partial charge in [-0.25, -0.2) is 0 Å². The molecule has 2 N–H and O–H groups in total. The molecular formula is C13H16N2O2. The summed E-state index contributed by atoms with van der Waals surface area (Å²) in [6, 6.07) is 3.53. The molecule has 0 radical (unpaired) electrons. The second-order valence-electron chi connectivity index (χ2n) is 4.65. The third kappa shape index (κ3) is 1.74. The number of nitrogens with zero attached hydrogens (tertiary/aromatic N) is 1. The summed E-state index contributed by atoms with van der Waals surface area (Å²) in [5.41, 5.74) is 8.42. The van der Waals surface area contributed by atoms with Crippen molar-refractivity contribution in [3.8, 4) is 0 Å². The standard InChI is InChI=1S/C13H16N2O2/c1-7-4-5-8(2)11-10(7)12(16)15(13(11)17)6-9(3)14/h4-5,9H,6,14H2,1-3H3. The van der Waals surface area contributed by atoms with Gasteiger partial charge in [-0.1, -0.05) is 12.1 Å². The predicted octanol–water partition coefficient (Wildman–Crippen LogP) is 1.25. The van der Waals surface area contributed by atoms with Gasteiger partial charge >= 0.3 is 0 Å². The van der Waals surface area contributed by atoms with Crippen molar-refractivity contribution in [3.63, 3.8) is 0 Å². The first-order valence-electron chi connectivity index (χ1n) is 5.65. The molecule has 1 heterocycles. The highest BCUT2D eigenvalue weighted by molar-refractivity contribution is 6.22. The van der Waals surface area contributed by atoms with Crippen molar-refractivity contribution in [3.05, 3.63) is 34.4 Å². The van der Waals surface area contributed by atoms with E-state index in [0.29, 0.717) is 11.1 Å². The van der Waals surface area contributed by atoms with Crippen molar-refractivity contribution >= 4 is 11.8 Å². The van der Waals surface area contributed by atoms with Crippen LogP contribution in [0, 0.1) is 13.8 Å². The smallest absolute Gasteiger partial charge is 0.261 e. The third-order valence-corrected chi connectivity index (χ3v) is 3.01. The van der Waals surface area contributed by atoms with Crippen molar-refractivity contribution in [2.75, 3.05) is 6.54 Å². The number of amides is 2. The van der Waals surface area contributed by atoms with E-state index in [1.807, 2.05) is 26.0 Å². The van der Waals surface area contributed by atoms with Crippen LogP contribution in [0.4, 0.5) is 0 Å². The molecule has 1 aliphatic heterocycles. The number of rotatable bonds is 2. The molecule has 17 heavy (non-hydrogen) atoms. The monoisotopic (exact) mass is 232 g/mol. The van der Waals surface area contributed by atoms with Gasteiger partial charge in [0.05, 0.1) is 11.1 Å². The van der Waals surface area contributed by atoms with Gasteiger partial charge in [0.15, 0.2) is 0 Å². The summed E-state index contributed by atoms with van der Waals surface area (Å²) >= 11 is 0. The van der Waals surface area contributed by atoms with E-state index in [4.69, 9.17) is 5.73 Å². The first-order valence-corrected chi connectivity index (χ1v) is 5.65. The highest BCUT2D eigenvalue weighted by Gasteiger charge is 2.37. The van der Waals surface area contributed by atoms with Crippen LogP contribution >= 0.6 is 0 Å². The minimum atomic E-state index is -0.219. The Bertz CT molecular complexity index is 465. The normalized spacial score (nSPS) is 16.4. The Morgan fingerprint density at radius 1 is 1.12 bits per heavy atom. The molecule has 4 heteroatoms. The molecule has 90 valence electrons. The van der Waals surface area contributed by atoms with Crippen LogP contribution in [0.2, 0.25) is 0 Å². The zero-order chi connectivity index (χ0) is 12.7. The number of hydrogen-bond acceptors (Lipinski definition) is 3. The molecule has 0 fully saturated rings. The number of benzene rings is 1. The quantitative estimate of drug-likeness (QED) is 0.780. The molecule has 0 saturated heterocycles. The zero-order valence-electron chi connectivity index (χ0n) is 10.3. The van der Waals surface area contributed by atoms with Gasteiger partial charge < -0.3 is 5.73 Å². The van der Waals surface area contributed by atoms with E-state index in [2.05, 4.69) is 0 Å². The van der Waals surface area contributed by atoms with E-state index >= 15 is 0 Å². The Hall–Kier alpha value is -1.68. The first kappa shape index (κ1) is 11.8. The molecule has 1 aliphatic rings. The minimum Gasteiger partial charge on any atom is -0.326 e. The summed E-state index contributed by atoms with van der Waals surface area (Å²) in [6.07, 6.45) is 0. The fourth-order valence-corrected chi connectivity index (χ4v) is 2.18. The van der Waals surface area contributed by atoms with Crippen molar-refractivity contribution in [2.45, 2.75) is 26.8 Å². The molecule has 0 spiro atoms. The molecule has 1 atom stereocenters. The maximum absolute atomic E-state index is 12.2. The molecule has 2 amide bonds. The molecule has 0 saturated carbocycles. The molecule has 2 rings (SSSR count). The van der Waals surface area contributed by atoms with Crippen LogP contribution in [0.25, 0.3) is 0 Å². The van der Waals surface area contributed by atoms with Crippen LogP contribution in [0.5, 0.6) is 0 Å². The minimum absolute atomic E-state index is 0.210. The lowest BCUT2D eigenvalue weighted by molar-refractivity contribution is 0.0646. The summed E-state index contributed by atoms with van der Waals surface area (Å²) in [7, 11) is 0. The molecule has 0 aromatic heterocycles. The summed E-state index contributed by atoms with van der Waals surface area (Å²) in [5.74, 6) is -0.438. The number of aryl methyl sites for hydroxylation is 2. The second-order valence-corrected chi connectivity index (χ2v) is 4.65. The maximum Gasteiger partial charge on any atom is 0.261 e. The van der Waals surface area contributed by atoms with Gasteiger partial charge in [0.2, 0.25) is 0 Å². The number of carbonyl (C=O) groups is 2. The summed E-state index contributed by atoms with van der Waals surface area (Å²) < 4.78 is 0. The number of carbonyl (C=O) groups excluding carboxylic acids is 2. The lowest BCUT2D eigenvalue weighted by Crippen LogP contribution is -2.39. The molecule has 1 unspecified atom stereocenters. The molecule has 1 aromatic carbocycles. The Kier molecular flexibility index (Phi) is 2.75. The number of hydrogen-bond donors (Lipinski definition) is 1. The average molecular weight is 232 g/mol. The lowest BCUT2D eigenvalue weighted by Gasteiger charge is -2.16. The van der Waals surface area contributed by atoms with Crippen molar-refractivity contribution in [1.29, 1.82) is 0 Å². The van der Waals surface area contributed by atoms with Crippen molar-refractivity contribution in [1.82, 2.24) is 4.90 Å². The zero-order valence-corrected chi connectivity index (χ0v) is 10.3. The van der Waals surface area contributed by atoms with Gasteiger partial charge in [-0.3, -0.25) is 14.5 Å². The predicted molar refractivity (Wildman–Crippen MR) is 64.9 cm³/mol. The van der Waals surface area contributed by atoms with Crippen LogP contribution in [0.15, 0.2) is 12.1 Å². The summed E-state index contributed by atoms with van der Waals surface area (Å²) in [5, 5.41) is 0. The molecular weight excluding hydrogens is 216 g/mol. The Balaban J connectivity index is 2.53. The van der Waals surface area contributed by atoms with Crippen LogP contribution in [-0.2, 0) is 0 Å². The van der Waals surface area contributed by atoms with E-state index in [0.717, 1.165) is 11.1 Å². The van der Waals surface area contributed by atoms with Gasteiger partial charge in [0.1, 0.15) is 0 Å².